The smallest absolute Gasteiger partial charge is 0.315 e. The number of urea groups is 1. The van der Waals surface area contributed by atoms with Gasteiger partial charge in [0.05, 0.1) is 5.92 Å². The summed E-state index contributed by atoms with van der Waals surface area (Å²) in [6.45, 7) is 0.573. The molecule has 0 heterocycles. The molecular formula is C16H21ClN2O3S. The number of rotatable bonds is 6. The Labute approximate surface area is 145 Å². The average Bonchev–Trinajstić information content (AvgIpc) is 2.54. The van der Waals surface area contributed by atoms with Crippen molar-refractivity contribution in [2.45, 2.75) is 36.6 Å². The molecule has 1 aromatic rings. The molecule has 0 spiro atoms. The van der Waals surface area contributed by atoms with Gasteiger partial charge in [-0.25, -0.2) is 4.79 Å². The van der Waals surface area contributed by atoms with Crippen LogP contribution in [-0.4, -0.2) is 35.4 Å². The van der Waals surface area contributed by atoms with E-state index < -0.39 is 5.97 Å². The zero-order valence-corrected chi connectivity index (χ0v) is 14.3. The number of carbonyl (C=O) groups excluding carboxylic acids is 1. The molecule has 1 saturated carbocycles. The quantitative estimate of drug-likeness (QED) is 0.539. The number of aliphatic carboxylic acids is 1. The van der Waals surface area contributed by atoms with E-state index in [2.05, 4.69) is 10.6 Å². The Morgan fingerprint density at radius 3 is 2.43 bits per heavy atom. The first kappa shape index (κ1) is 17.9. The maximum atomic E-state index is 11.8. The summed E-state index contributed by atoms with van der Waals surface area (Å²) >= 11 is 7.48. The van der Waals surface area contributed by atoms with Gasteiger partial charge in [0.15, 0.2) is 0 Å². The van der Waals surface area contributed by atoms with Crippen molar-refractivity contribution in [2.24, 2.45) is 5.92 Å². The fraction of sp³-hybridized carbons (Fsp3) is 0.500. The summed E-state index contributed by atoms with van der Waals surface area (Å²) in [6.07, 6.45) is 2.72. The lowest BCUT2D eigenvalue weighted by molar-refractivity contribution is -0.142. The maximum absolute atomic E-state index is 11.8. The molecule has 0 saturated heterocycles. The van der Waals surface area contributed by atoms with E-state index in [1.165, 1.54) is 0 Å². The van der Waals surface area contributed by atoms with Crippen LogP contribution in [0, 0.1) is 5.92 Å². The number of hydrogen-bond donors (Lipinski definition) is 3. The number of thioether (sulfide) groups is 1. The van der Waals surface area contributed by atoms with E-state index in [1.54, 1.807) is 11.8 Å². The number of hydrogen-bond acceptors (Lipinski definition) is 3. The molecule has 1 aromatic carbocycles. The minimum Gasteiger partial charge on any atom is -0.481 e. The molecular weight excluding hydrogens is 336 g/mol. The predicted molar refractivity (Wildman–Crippen MR) is 92.1 cm³/mol. The van der Waals surface area contributed by atoms with Crippen molar-refractivity contribution < 1.29 is 14.7 Å². The topological polar surface area (TPSA) is 78.4 Å². The van der Waals surface area contributed by atoms with Crippen LogP contribution >= 0.6 is 23.4 Å². The second kappa shape index (κ2) is 9.03. The third-order valence-electron chi connectivity index (χ3n) is 3.88. The van der Waals surface area contributed by atoms with Crippen molar-refractivity contribution in [2.75, 3.05) is 12.3 Å². The molecule has 0 atom stereocenters. The second-order valence-electron chi connectivity index (χ2n) is 5.59. The molecule has 2 rings (SSSR count). The molecule has 0 radical (unpaired) electrons. The van der Waals surface area contributed by atoms with Gasteiger partial charge in [-0.15, -0.1) is 11.8 Å². The second-order valence-corrected chi connectivity index (χ2v) is 7.19. The van der Waals surface area contributed by atoms with Crippen molar-refractivity contribution in [3.63, 3.8) is 0 Å². The number of nitrogens with one attached hydrogen (secondary N) is 2. The molecule has 3 N–H and O–H groups in total. The van der Waals surface area contributed by atoms with E-state index in [0.29, 0.717) is 24.4 Å². The van der Waals surface area contributed by atoms with E-state index in [-0.39, 0.29) is 18.0 Å². The van der Waals surface area contributed by atoms with Gasteiger partial charge in [-0.1, -0.05) is 11.6 Å². The van der Waals surface area contributed by atoms with E-state index in [1.807, 2.05) is 24.3 Å². The van der Waals surface area contributed by atoms with Gasteiger partial charge in [0.2, 0.25) is 0 Å². The van der Waals surface area contributed by atoms with Crippen molar-refractivity contribution in [1.82, 2.24) is 10.6 Å². The van der Waals surface area contributed by atoms with Crippen molar-refractivity contribution in [3.05, 3.63) is 29.3 Å². The molecule has 2 amide bonds. The van der Waals surface area contributed by atoms with Gasteiger partial charge in [-0.05, 0) is 49.9 Å². The van der Waals surface area contributed by atoms with Gasteiger partial charge in [0.25, 0.3) is 0 Å². The zero-order valence-electron chi connectivity index (χ0n) is 12.8. The van der Waals surface area contributed by atoms with Crippen LogP contribution in [0.2, 0.25) is 5.02 Å². The van der Waals surface area contributed by atoms with E-state index in [9.17, 15) is 9.59 Å². The highest BCUT2D eigenvalue weighted by Crippen LogP contribution is 2.24. The van der Waals surface area contributed by atoms with Crippen LogP contribution in [0.1, 0.15) is 25.7 Å². The number of halogens is 1. The summed E-state index contributed by atoms with van der Waals surface area (Å²) in [7, 11) is 0. The van der Waals surface area contributed by atoms with Crippen LogP contribution in [0.5, 0.6) is 0 Å². The Morgan fingerprint density at radius 2 is 1.83 bits per heavy atom. The lowest BCUT2D eigenvalue weighted by Gasteiger charge is -2.26. The molecule has 0 unspecified atom stereocenters. The van der Waals surface area contributed by atoms with Gasteiger partial charge in [0, 0.05) is 28.3 Å². The Kier molecular flexibility index (Phi) is 7.05. The van der Waals surface area contributed by atoms with Crippen molar-refractivity contribution >= 4 is 35.4 Å². The summed E-state index contributed by atoms with van der Waals surface area (Å²) in [4.78, 5) is 23.8. The minimum atomic E-state index is -0.730. The third-order valence-corrected chi connectivity index (χ3v) is 5.15. The largest absolute Gasteiger partial charge is 0.481 e. The monoisotopic (exact) mass is 356 g/mol. The number of carboxylic acids is 1. The molecule has 23 heavy (non-hydrogen) atoms. The minimum absolute atomic E-state index is 0.0783. The van der Waals surface area contributed by atoms with Crippen molar-refractivity contribution in [1.29, 1.82) is 0 Å². The highest BCUT2D eigenvalue weighted by molar-refractivity contribution is 7.99. The standard InChI is InChI=1S/C16H21ClN2O3S/c17-12-3-7-14(8-4-12)23-10-9-18-16(22)19-13-5-1-11(2-6-13)15(20)21/h3-4,7-8,11,13H,1-2,5-6,9-10H2,(H,20,21)(H2,18,19,22). The predicted octanol–water partition coefficient (Wildman–Crippen LogP) is 3.37. The summed E-state index contributed by atoms with van der Waals surface area (Å²) in [6, 6.07) is 7.49. The number of amides is 2. The van der Waals surface area contributed by atoms with Gasteiger partial charge in [-0.3, -0.25) is 4.79 Å². The summed E-state index contributed by atoms with van der Waals surface area (Å²) in [5.74, 6) is -0.208. The third kappa shape index (κ3) is 6.31. The fourth-order valence-electron chi connectivity index (χ4n) is 2.59. The van der Waals surface area contributed by atoms with Crippen LogP contribution in [-0.2, 0) is 4.79 Å². The molecule has 0 aliphatic heterocycles. The summed E-state index contributed by atoms with van der Waals surface area (Å²) in [5, 5.41) is 15.4. The number of carbonyl (C=O) groups is 2. The van der Waals surface area contributed by atoms with E-state index in [4.69, 9.17) is 16.7 Å². The fourth-order valence-corrected chi connectivity index (χ4v) is 3.48. The lowest BCUT2D eigenvalue weighted by atomic mass is 9.86. The molecule has 126 valence electrons. The number of carboxylic acid groups (broad SMARTS) is 1. The van der Waals surface area contributed by atoms with Crippen LogP contribution in [0.25, 0.3) is 0 Å². The van der Waals surface area contributed by atoms with Crippen LogP contribution < -0.4 is 10.6 Å². The normalized spacial score (nSPS) is 20.7. The molecule has 0 aromatic heterocycles. The Morgan fingerprint density at radius 1 is 1.17 bits per heavy atom. The highest BCUT2D eigenvalue weighted by atomic mass is 35.5. The van der Waals surface area contributed by atoms with Crippen LogP contribution in [0.15, 0.2) is 29.2 Å². The Bertz CT molecular complexity index is 531. The molecule has 1 aliphatic rings. The first-order chi connectivity index (χ1) is 11.0. The zero-order chi connectivity index (χ0) is 16.7. The van der Waals surface area contributed by atoms with Crippen LogP contribution in [0.4, 0.5) is 4.79 Å². The summed E-state index contributed by atoms with van der Waals surface area (Å²) < 4.78 is 0. The molecule has 0 bridgehead atoms. The molecule has 5 nitrogen and oxygen atoms in total. The number of benzene rings is 1. The lowest BCUT2D eigenvalue weighted by Crippen LogP contribution is -2.44. The van der Waals surface area contributed by atoms with Gasteiger partial charge < -0.3 is 15.7 Å². The molecule has 1 fully saturated rings. The van der Waals surface area contributed by atoms with Gasteiger partial charge >= 0.3 is 12.0 Å². The Balaban J connectivity index is 1.58. The van der Waals surface area contributed by atoms with Gasteiger partial charge in [-0.2, -0.15) is 0 Å². The first-order valence-electron chi connectivity index (χ1n) is 7.70. The summed E-state index contributed by atoms with van der Waals surface area (Å²) in [5.41, 5.74) is 0. The first-order valence-corrected chi connectivity index (χ1v) is 9.06. The average molecular weight is 357 g/mol. The van der Waals surface area contributed by atoms with E-state index in [0.717, 1.165) is 23.5 Å². The highest BCUT2D eigenvalue weighted by Gasteiger charge is 2.26. The molecule has 7 heteroatoms. The maximum Gasteiger partial charge on any atom is 0.315 e. The van der Waals surface area contributed by atoms with Crippen molar-refractivity contribution in [3.8, 4) is 0 Å². The molecule has 1 aliphatic carbocycles. The van der Waals surface area contributed by atoms with Crippen LogP contribution in [0.3, 0.4) is 0 Å². The Hall–Kier alpha value is -1.40. The SMILES string of the molecule is O=C(NCCSc1ccc(Cl)cc1)NC1CCC(C(=O)O)CC1. The van der Waals surface area contributed by atoms with E-state index >= 15 is 0 Å². The van der Waals surface area contributed by atoms with Gasteiger partial charge in [0.1, 0.15) is 0 Å².